The standard InChI is InChI=1S/C21H17N3O7S/c1-3-29-20(27)12-8(2)32-17(16(12)25)13-14-18(23-21(28)24-19(14)26)22-15(13)9-4-5-10-11(6-9)31-7-30-10/h4-6,25H,3,7H2,1-2H3,(H3,22,23,24,26,28). The van der Waals surface area contributed by atoms with Crippen LogP contribution in [0.15, 0.2) is 27.8 Å². The van der Waals surface area contributed by atoms with Crippen LogP contribution in [0.4, 0.5) is 0 Å². The number of carbonyl (C=O) groups is 1. The molecule has 0 saturated heterocycles. The van der Waals surface area contributed by atoms with Gasteiger partial charge in [-0.1, -0.05) is 0 Å². The number of thiophene rings is 1. The zero-order chi connectivity index (χ0) is 22.6. The molecule has 0 saturated carbocycles. The Labute approximate surface area is 183 Å². The van der Waals surface area contributed by atoms with E-state index in [0.717, 1.165) is 11.3 Å². The number of hydrogen-bond donors (Lipinski definition) is 4. The van der Waals surface area contributed by atoms with E-state index in [1.165, 1.54) is 0 Å². The second-order valence-corrected chi connectivity index (χ2v) is 8.26. The molecule has 0 amide bonds. The molecule has 1 aliphatic rings. The minimum atomic E-state index is -0.675. The summed E-state index contributed by atoms with van der Waals surface area (Å²) in [5.41, 5.74) is 0.346. The van der Waals surface area contributed by atoms with Crippen LogP contribution in [-0.4, -0.2) is 39.4 Å². The molecular formula is C21H17N3O7S. The maximum absolute atomic E-state index is 12.8. The lowest BCUT2D eigenvalue weighted by atomic mass is 10.0. The molecule has 1 aliphatic heterocycles. The highest BCUT2D eigenvalue weighted by Crippen LogP contribution is 2.48. The summed E-state index contributed by atoms with van der Waals surface area (Å²) < 4.78 is 15.9. The van der Waals surface area contributed by atoms with Gasteiger partial charge in [0.1, 0.15) is 17.0 Å². The first-order chi connectivity index (χ1) is 15.4. The van der Waals surface area contributed by atoms with E-state index in [2.05, 4.69) is 15.0 Å². The summed E-state index contributed by atoms with van der Waals surface area (Å²) in [5, 5.41) is 11.1. The Morgan fingerprint density at radius 1 is 1.19 bits per heavy atom. The maximum Gasteiger partial charge on any atom is 0.343 e. The molecule has 0 aliphatic carbocycles. The van der Waals surface area contributed by atoms with Crippen molar-refractivity contribution in [3.8, 4) is 38.9 Å². The topological polar surface area (TPSA) is 146 Å². The van der Waals surface area contributed by atoms with Crippen LogP contribution in [0.25, 0.3) is 32.7 Å². The lowest BCUT2D eigenvalue weighted by Gasteiger charge is -2.06. The molecule has 5 rings (SSSR count). The van der Waals surface area contributed by atoms with Crippen LogP contribution in [0.3, 0.4) is 0 Å². The Morgan fingerprint density at radius 3 is 2.75 bits per heavy atom. The van der Waals surface area contributed by atoms with E-state index >= 15 is 0 Å². The van der Waals surface area contributed by atoms with E-state index in [1.807, 2.05) is 0 Å². The zero-order valence-corrected chi connectivity index (χ0v) is 17.8. The smallest absolute Gasteiger partial charge is 0.343 e. The molecule has 0 spiro atoms. The SMILES string of the molecule is CCOC(=O)c1c(C)sc(-c2c(-c3ccc4c(c3)OCO4)[nH]c3[nH]c(=O)[nH]c(=O)c23)c1O. The third-order valence-electron chi connectivity index (χ3n) is 5.12. The Kier molecular flexibility index (Phi) is 4.55. The minimum Gasteiger partial charge on any atom is -0.505 e. The molecule has 32 heavy (non-hydrogen) atoms. The lowest BCUT2D eigenvalue weighted by Crippen LogP contribution is -2.21. The lowest BCUT2D eigenvalue weighted by molar-refractivity contribution is 0.0523. The summed E-state index contributed by atoms with van der Waals surface area (Å²) in [7, 11) is 0. The molecule has 11 heteroatoms. The first-order valence-electron chi connectivity index (χ1n) is 9.67. The molecule has 164 valence electrons. The van der Waals surface area contributed by atoms with Gasteiger partial charge in [-0.25, -0.2) is 9.59 Å². The number of aromatic hydroxyl groups is 1. The van der Waals surface area contributed by atoms with Gasteiger partial charge in [0.05, 0.1) is 22.6 Å². The average molecular weight is 455 g/mol. The van der Waals surface area contributed by atoms with E-state index in [4.69, 9.17) is 14.2 Å². The molecule has 0 unspecified atom stereocenters. The highest BCUT2D eigenvalue weighted by atomic mass is 32.1. The van der Waals surface area contributed by atoms with Gasteiger partial charge in [-0.15, -0.1) is 11.3 Å². The molecule has 4 aromatic rings. The van der Waals surface area contributed by atoms with Crippen molar-refractivity contribution in [2.75, 3.05) is 13.4 Å². The molecule has 4 N–H and O–H groups in total. The Morgan fingerprint density at radius 2 is 1.97 bits per heavy atom. The summed E-state index contributed by atoms with van der Waals surface area (Å²) in [5.74, 6) is 0.154. The molecule has 0 fully saturated rings. The van der Waals surface area contributed by atoms with Gasteiger partial charge < -0.3 is 24.3 Å². The van der Waals surface area contributed by atoms with Gasteiger partial charge in [-0.05, 0) is 32.0 Å². The summed E-state index contributed by atoms with van der Waals surface area (Å²) >= 11 is 1.14. The summed E-state index contributed by atoms with van der Waals surface area (Å²) in [6.07, 6.45) is 0. The summed E-state index contributed by atoms with van der Waals surface area (Å²) in [4.78, 5) is 45.7. The van der Waals surface area contributed by atoms with Crippen LogP contribution in [0.1, 0.15) is 22.2 Å². The van der Waals surface area contributed by atoms with Crippen LogP contribution in [-0.2, 0) is 4.74 Å². The van der Waals surface area contributed by atoms with Crippen molar-refractivity contribution in [1.82, 2.24) is 15.0 Å². The van der Waals surface area contributed by atoms with Gasteiger partial charge in [-0.3, -0.25) is 14.8 Å². The first-order valence-corrected chi connectivity index (χ1v) is 10.5. The third-order valence-corrected chi connectivity index (χ3v) is 6.23. The largest absolute Gasteiger partial charge is 0.505 e. The van der Waals surface area contributed by atoms with E-state index in [1.54, 1.807) is 32.0 Å². The predicted octanol–water partition coefficient (Wildman–Crippen LogP) is 2.86. The number of aromatic nitrogens is 3. The Hall–Kier alpha value is -3.99. The zero-order valence-electron chi connectivity index (χ0n) is 17.0. The number of rotatable bonds is 4. The highest BCUT2D eigenvalue weighted by molar-refractivity contribution is 7.16. The predicted molar refractivity (Wildman–Crippen MR) is 117 cm³/mol. The Balaban J connectivity index is 1.82. The van der Waals surface area contributed by atoms with Crippen LogP contribution < -0.4 is 20.7 Å². The number of esters is 1. The van der Waals surface area contributed by atoms with Gasteiger partial charge in [0.25, 0.3) is 5.56 Å². The molecule has 0 atom stereocenters. The molecule has 0 bridgehead atoms. The normalized spacial score (nSPS) is 12.4. The van der Waals surface area contributed by atoms with E-state index < -0.39 is 17.2 Å². The number of fused-ring (bicyclic) bond motifs is 2. The monoisotopic (exact) mass is 455 g/mol. The number of benzene rings is 1. The number of hydrogen-bond acceptors (Lipinski definition) is 8. The quantitative estimate of drug-likeness (QED) is 0.346. The van der Waals surface area contributed by atoms with Crippen LogP contribution in [0, 0.1) is 6.92 Å². The maximum atomic E-state index is 12.8. The second kappa shape index (κ2) is 7.31. The van der Waals surface area contributed by atoms with Crippen LogP contribution in [0.5, 0.6) is 17.2 Å². The summed E-state index contributed by atoms with van der Waals surface area (Å²) in [6.45, 7) is 3.60. The second-order valence-electron chi connectivity index (χ2n) is 7.03. The third kappa shape index (κ3) is 2.97. The van der Waals surface area contributed by atoms with Crippen LogP contribution >= 0.6 is 11.3 Å². The number of aromatic amines is 3. The fourth-order valence-corrected chi connectivity index (χ4v) is 4.87. The molecule has 1 aromatic carbocycles. The highest BCUT2D eigenvalue weighted by Gasteiger charge is 2.29. The fourth-order valence-electron chi connectivity index (χ4n) is 3.77. The van der Waals surface area contributed by atoms with Crippen molar-refractivity contribution in [1.29, 1.82) is 0 Å². The van der Waals surface area contributed by atoms with Crippen LogP contribution in [0.2, 0.25) is 0 Å². The summed E-state index contributed by atoms with van der Waals surface area (Å²) in [6, 6.07) is 5.22. The van der Waals surface area contributed by atoms with Crippen molar-refractivity contribution >= 4 is 28.3 Å². The van der Waals surface area contributed by atoms with Crippen molar-refractivity contribution in [2.24, 2.45) is 0 Å². The first kappa shape index (κ1) is 19.9. The van der Waals surface area contributed by atoms with Crippen molar-refractivity contribution in [2.45, 2.75) is 13.8 Å². The number of carbonyl (C=O) groups excluding carboxylic acids is 1. The number of nitrogens with one attached hydrogen (secondary N) is 3. The van der Waals surface area contributed by atoms with Gasteiger partial charge in [0.2, 0.25) is 6.79 Å². The van der Waals surface area contributed by atoms with Gasteiger partial charge in [0.15, 0.2) is 11.5 Å². The number of H-pyrrole nitrogens is 3. The van der Waals surface area contributed by atoms with E-state index in [0.29, 0.717) is 38.1 Å². The Bertz CT molecular complexity index is 1510. The molecule has 0 radical (unpaired) electrons. The fraction of sp³-hybridized carbons (Fsp3) is 0.190. The van der Waals surface area contributed by atoms with Gasteiger partial charge >= 0.3 is 11.7 Å². The van der Waals surface area contributed by atoms with Crippen molar-refractivity contribution in [3.05, 3.63) is 49.5 Å². The van der Waals surface area contributed by atoms with Crippen molar-refractivity contribution < 1.29 is 24.1 Å². The molecule has 4 heterocycles. The minimum absolute atomic E-state index is 0.0405. The average Bonchev–Trinajstić information content (AvgIpc) is 3.42. The molecule has 10 nitrogen and oxygen atoms in total. The van der Waals surface area contributed by atoms with Crippen molar-refractivity contribution in [3.63, 3.8) is 0 Å². The molecule has 3 aromatic heterocycles. The van der Waals surface area contributed by atoms with E-state index in [-0.39, 0.29) is 35.7 Å². The van der Waals surface area contributed by atoms with E-state index in [9.17, 15) is 19.5 Å². The van der Waals surface area contributed by atoms with Gasteiger partial charge in [0, 0.05) is 16.0 Å². The molecular weight excluding hydrogens is 438 g/mol. The van der Waals surface area contributed by atoms with Gasteiger partial charge in [-0.2, -0.15) is 0 Å². The number of ether oxygens (including phenoxy) is 3. The number of aryl methyl sites for hydroxylation is 1.